The molecular weight excluding hydrogens is 338 g/mol. The van der Waals surface area contributed by atoms with Gasteiger partial charge in [0.05, 0.1) is 0 Å². The zero-order valence-electron chi connectivity index (χ0n) is 16.3. The monoisotopic (exact) mass is 371 g/mol. The first kappa shape index (κ1) is 19.9. The largest absolute Gasteiger partial charge is 0.344 e. The van der Waals surface area contributed by atoms with Gasteiger partial charge in [-0.3, -0.25) is 9.59 Å². The molecular formula is C22H33N3O2. The highest BCUT2D eigenvalue weighted by Crippen LogP contribution is 2.38. The van der Waals surface area contributed by atoms with Crippen LogP contribution in [-0.2, 0) is 16.0 Å². The van der Waals surface area contributed by atoms with Crippen molar-refractivity contribution >= 4 is 11.8 Å². The molecule has 1 aromatic carbocycles. The number of nitrogens with two attached hydrogens (primary N) is 1. The number of carbonyl (C=O) groups is 2. The quantitative estimate of drug-likeness (QED) is 0.774. The summed E-state index contributed by atoms with van der Waals surface area (Å²) in [5.41, 5.74) is 7.03. The van der Waals surface area contributed by atoms with Crippen molar-refractivity contribution in [2.75, 3.05) is 19.6 Å². The fraction of sp³-hybridized carbons (Fsp3) is 0.636. The fourth-order valence-electron chi connectivity index (χ4n) is 4.55. The van der Waals surface area contributed by atoms with E-state index >= 15 is 0 Å². The van der Waals surface area contributed by atoms with E-state index in [1.807, 2.05) is 35.2 Å². The molecule has 27 heavy (non-hydrogen) atoms. The van der Waals surface area contributed by atoms with E-state index in [1.54, 1.807) is 0 Å². The van der Waals surface area contributed by atoms with E-state index in [2.05, 4.69) is 5.32 Å². The Bertz CT molecular complexity index is 620. The lowest BCUT2D eigenvalue weighted by molar-refractivity contribution is -0.136. The minimum Gasteiger partial charge on any atom is -0.344 e. The fourth-order valence-corrected chi connectivity index (χ4v) is 4.55. The maximum Gasteiger partial charge on any atom is 0.245 e. The average molecular weight is 372 g/mol. The number of nitrogens with one attached hydrogen (secondary N) is 1. The van der Waals surface area contributed by atoms with Gasteiger partial charge < -0.3 is 16.0 Å². The van der Waals surface area contributed by atoms with Crippen LogP contribution in [0.2, 0.25) is 0 Å². The molecule has 148 valence electrons. The Morgan fingerprint density at radius 2 is 1.70 bits per heavy atom. The molecule has 0 bridgehead atoms. The Kier molecular flexibility index (Phi) is 6.89. The van der Waals surface area contributed by atoms with Gasteiger partial charge in [0.2, 0.25) is 11.8 Å². The van der Waals surface area contributed by atoms with Gasteiger partial charge in [0.1, 0.15) is 6.04 Å². The Hall–Kier alpha value is -1.88. The Balaban J connectivity index is 1.67. The van der Waals surface area contributed by atoms with E-state index in [0.29, 0.717) is 19.4 Å². The van der Waals surface area contributed by atoms with Crippen molar-refractivity contribution in [3.63, 3.8) is 0 Å². The van der Waals surface area contributed by atoms with Crippen LogP contribution in [0.3, 0.4) is 0 Å². The molecule has 0 spiro atoms. The summed E-state index contributed by atoms with van der Waals surface area (Å²) in [6.45, 7) is 2.14. The van der Waals surface area contributed by atoms with Crippen LogP contribution in [0.25, 0.3) is 0 Å². The number of hydrogen-bond donors (Lipinski definition) is 2. The lowest BCUT2D eigenvalue weighted by atomic mass is 9.71. The predicted octanol–water partition coefficient (Wildman–Crippen LogP) is 2.64. The molecule has 5 nitrogen and oxygen atoms in total. The molecule has 1 aliphatic heterocycles. The molecule has 1 saturated heterocycles. The first-order chi connectivity index (χ1) is 13.1. The van der Waals surface area contributed by atoms with E-state index in [0.717, 1.165) is 57.2 Å². The lowest BCUT2D eigenvalue weighted by Gasteiger charge is -2.36. The van der Waals surface area contributed by atoms with Crippen LogP contribution in [0.15, 0.2) is 30.3 Å². The van der Waals surface area contributed by atoms with E-state index in [-0.39, 0.29) is 17.2 Å². The third-order valence-electron chi connectivity index (χ3n) is 6.22. The smallest absolute Gasteiger partial charge is 0.245 e. The van der Waals surface area contributed by atoms with Gasteiger partial charge >= 0.3 is 0 Å². The van der Waals surface area contributed by atoms with Gasteiger partial charge in [-0.2, -0.15) is 0 Å². The van der Waals surface area contributed by atoms with Crippen molar-refractivity contribution in [1.82, 2.24) is 10.2 Å². The summed E-state index contributed by atoms with van der Waals surface area (Å²) in [4.78, 5) is 27.8. The molecule has 1 atom stereocenters. The summed E-state index contributed by atoms with van der Waals surface area (Å²) in [6.07, 6.45) is 8.62. The second-order valence-electron chi connectivity index (χ2n) is 8.28. The third kappa shape index (κ3) is 5.32. The zero-order chi connectivity index (χ0) is 19.1. The van der Waals surface area contributed by atoms with Crippen LogP contribution in [0, 0.1) is 5.41 Å². The molecule has 3 rings (SSSR count). The molecule has 1 saturated carbocycles. The number of hydrogen-bond acceptors (Lipinski definition) is 3. The van der Waals surface area contributed by atoms with Crippen LogP contribution in [0.1, 0.15) is 56.9 Å². The third-order valence-corrected chi connectivity index (χ3v) is 6.22. The summed E-state index contributed by atoms with van der Waals surface area (Å²) in [5.74, 6) is 0.0194. The number of benzene rings is 1. The van der Waals surface area contributed by atoms with Gasteiger partial charge in [-0.05, 0) is 43.2 Å². The standard InChI is InChI=1S/C22H33N3O2/c23-17-22(11-5-2-6-12-22)16-20(26)24-19(15-18-9-3-1-4-10-18)21(27)25-13-7-8-14-25/h1,3-4,9-10,19H,2,5-8,11-17,23H2,(H,24,26). The molecule has 5 heteroatoms. The molecule has 3 N–H and O–H groups in total. The molecule has 0 radical (unpaired) electrons. The number of nitrogens with zero attached hydrogens (tertiary/aromatic N) is 1. The molecule has 1 aliphatic carbocycles. The van der Waals surface area contributed by atoms with Gasteiger partial charge in [-0.15, -0.1) is 0 Å². The van der Waals surface area contributed by atoms with Crippen molar-refractivity contribution in [3.05, 3.63) is 35.9 Å². The van der Waals surface area contributed by atoms with Crippen molar-refractivity contribution in [1.29, 1.82) is 0 Å². The molecule has 1 aromatic rings. The van der Waals surface area contributed by atoms with Gasteiger partial charge in [-0.25, -0.2) is 0 Å². The normalized spacial score (nSPS) is 20.3. The van der Waals surface area contributed by atoms with Crippen LogP contribution in [-0.4, -0.2) is 42.4 Å². The van der Waals surface area contributed by atoms with Crippen LogP contribution in [0.5, 0.6) is 0 Å². The van der Waals surface area contributed by atoms with Gasteiger partial charge in [-0.1, -0.05) is 49.6 Å². The number of likely N-dealkylation sites (tertiary alicyclic amines) is 1. The van der Waals surface area contributed by atoms with Crippen molar-refractivity contribution in [3.8, 4) is 0 Å². The first-order valence-corrected chi connectivity index (χ1v) is 10.4. The molecule has 2 aliphatic rings. The van der Waals surface area contributed by atoms with Crippen molar-refractivity contribution < 1.29 is 9.59 Å². The van der Waals surface area contributed by atoms with Crippen molar-refractivity contribution in [2.45, 2.75) is 63.8 Å². The number of carbonyl (C=O) groups excluding carboxylic acids is 2. The molecule has 1 unspecified atom stereocenters. The van der Waals surface area contributed by atoms with Crippen LogP contribution in [0.4, 0.5) is 0 Å². The maximum absolute atomic E-state index is 13.0. The summed E-state index contributed by atoms with van der Waals surface area (Å²) >= 11 is 0. The van der Waals surface area contributed by atoms with Gasteiger partial charge in [0.15, 0.2) is 0 Å². The average Bonchev–Trinajstić information content (AvgIpc) is 3.23. The number of rotatable bonds is 7. The second-order valence-corrected chi connectivity index (χ2v) is 8.28. The highest BCUT2D eigenvalue weighted by molar-refractivity contribution is 5.88. The summed E-state index contributed by atoms with van der Waals surface area (Å²) in [7, 11) is 0. The molecule has 0 aromatic heterocycles. The van der Waals surface area contributed by atoms with Crippen LogP contribution >= 0.6 is 0 Å². The minimum absolute atomic E-state index is 0.0316. The van der Waals surface area contributed by atoms with E-state index in [9.17, 15) is 9.59 Å². The zero-order valence-corrected chi connectivity index (χ0v) is 16.3. The van der Waals surface area contributed by atoms with E-state index < -0.39 is 6.04 Å². The maximum atomic E-state index is 13.0. The SMILES string of the molecule is NCC1(CC(=O)NC(Cc2ccccc2)C(=O)N2CCCC2)CCCCC1. The number of amides is 2. The molecule has 2 fully saturated rings. The highest BCUT2D eigenvalue weighted by Gasteiger charge is 2.35. The predicted molar refractivity (Wildman–Crippen MR) is 107 cm³/mol. The lowest BCUT2D eigenvalue weighted by Crippen LogP contribution is -2.50. The van der Waals surface area contributed by atoms with E-state index in [4.69, 9.17) is 5.73 Å². The summed E-state index contributed by atoms with van der Waals surface area (Å²) < 4.78 is 0. The van der Waals surface area contributed by atoms with Crippen LogP contribution < -0.4 is 11.1 Å². The first-order valence-electron chi connectivity index (χ1n) is 10.4. The van der Waals surface area contributed by atoms with E-state index in [1.165, 1.54) is 6.42 Å². The second kappa shape index (κ2) is 9.36. The minimum atomic E-state index is -0.489. The Labute approximate surface area is 162 Å². The molecule has 1 heterocycles. The Morgan fingerprint density at radius 1 is 1.04 bits per heavy atom. The van der Waals surface area contributed by atoms with Gasteiger partial charge in [0.25, 0.3) is 0 Å². The summed E-state index contributed by atoms with van der Waals surface area (Å²) in [5, 5.41) is 3.06. The van der Waals surface area contributed by atoms with Gasteiger partial charge in [0, 0.05) is 25.9 Å². The highest BCUT2D eigenvalue weighted by atomic mass is 16.2. The van der Waals surface area contributed by atoms with Crippen molar-refractivity contribution in [2.24, 2.45) is 11.1 Å². The molecule has 2 amide bonds. The summed E-state index contributed by atoms with van der Waals surface area (Å²) in [6, 6.07) is 9.45. The topological polar surface area (TPSA) is 75.4 Å². The Morgan fingerprint density at radius 3 is 2.33 bits per heavy atom.